The molecule has 0 spiro atoms. The van der Waals surface area contributed by atoms with Gasteiger partial charge in [0.25, 0.3) is 5.91 Å². The summed E-state index contributed by atoms with van der Waals surface area (Å²) < 4.78 is 3.87. The molecule has 45 heavy (non-hydrogen) atoms. The van der Waals surface area contributed by atoms with Crippen LogP contribution in [-0.4, -0.2) is 84.2 Å². The molecule has 0 aliphatic carbocycles. The van der Waals surface area contributed by atoms with Crippen LogP contribution in [0.5, 0.6) is 0 Å². The Morgan fingerprint density at radius 2 is 1.67 bits per heavy atom. The van der Waals surface area contributed by atoms with E-state index in [1.54, 1.807) is 0 Å². The maximum atomic E-state index is 13.2. The first kappa shape index (κ1) is 29.5. The number of piperazine rings is 1. The lowest BCUT2D eigenvalue weighted by Crippen LogP contribution is -2.48. The Bertz CT molecular complexity index is 1780. The van der Waals surface area contributed by atoms with Crippen molar-refractivity contribution in [2.24, 2.45) is 7.05 Å². The summed E-state index contributed by atoms with van der Waals surface area (Å²) in [6.07, 6.45) is 7.49. The highest BCUT2D eigenvalue weighted by Crippen LogP contribution is 2.36. The summed E-state index contributed by atoms with van der Waals surface area (Å²) in [5.41, 5.74) is 3.60. The van der Waals surface area contributed by atoms with Gasteiger partial charge in [-0.1, -0.05) is 35.9 Å². The van der Waals surface area contributed by atoms with Crippen LogP contribution in [0.15, 0.2) is 79.3 Å². The molecule has 5 heterocycles. The molecule has 3 aromatic heterocycles. The van der Waals surface area contributed by atoms with Crippen LogP contribution in [-0.2, 0) is 25.6 Å². The lowest BCUT2D eigenvalue weighted by molar-refractivity contribution is 0.0118. The molecule has 232 valence electrons. The van der Waals surface area contributed by atoms with E-state index in [1.807, 2.05) is 94.2 Å². The summed E-state index contributed by atoms with van der Waals surface area (Å²) in [6, 6.07) is 19.4. The molecule has 1 amide bonds. The number of aliphatic hydroxyl groups is 1. The van der Waals surface area contributed by atoms with Gasteiger partial charge in [-0.3, -0.25) is 9.69 Å². The molecule has 10 nitrogen and oxygen atoms in total. The topological polar surface area (TPSA) is 95.0 Å². The number of aryl methyl sites for hydroxylation is 1. The lowest BCUT2D eigenvalue weighted by Gasteiger charge is -2.39. The van der Waals surface area contributed by atoms with Gasteiger partial charge in [0.1, 0.15) is 5.82 Å². The number of pyridine rings is 1. The molecule has 2 fully saturated rings. The number of benzene rings is 2. The summed E-state index contributed by atoms with van der Waals surface area (Å²) in [5.74, 6) is 1.83. The van der Waals surface area contributed by atoms with Gasteiger partial charge in [-0.05, 0) is 60.4 Å². The molecule has 11 heteroatoms. The van der Waals surface area contributed by atoms with Gasteiger partial charge in [-0.2, -0.15) is 5.10 Å². The summed E-state index contributed by atoms with van der Waals surface area (Å²) in [4.78, 5) is 29.1. The van der Waals surface area contributed by atoms with Crippen molar-refractivity contribution >= 4 is 28.8 Å². The maximum absolute atomic E-state index is 13.2. The molecule has 0 unspecified atom stereocenters. The van der Waals surface area contributed by atoms with E-state index in [4.69, 9.17) is 21.7 Å². The molecule has 2 aliphatic heterocycles. The molecule has 7 rings (SSSR count). The van der Waals surface area contributed by atoms with Crippen molar-refractivity contribution in [3.63, 3.8) is 0 Å². The predicted molar refractivity (Wildman–Crippen MR) is 173 cm³/mol. The number of hydrogen-bond acceptors (Lipinski definition) is 7. The minimum absolute atomic E-state index is 0.0678. The molecule has 0 saturated carbocycles. The molecular formula is C34H37ClN8O2. The van der Waals surface area contributed by atoms with Crippen molar-refractivity contribution in [3.05, 3.63) is 113 Å². The van der Waals surface area contributed by atoms with Crippen LogP contribution in [0.4, 0.5) is 5.69 Å². The molecule has 5 aromatic rings. The number of anilines is 1. The van der Waals surface area contributed by atoms with Gasteiger partial charge in [0.05, 0.1) is 17.8 Å². The van der Waals surface area contributed by atoms with Gasteiger partial charge < -0.3 is 19.5 Å². The van der Waals surface area contributed by atoms with Crippen LogP contribution in [0.1, 0.15) is 46.0 Å². The largest absolute Gasteiger partial charge is 0.385 e. The first-order chi connectivity index (χ1) is 21.8. The highest BCUT2D eigenvalue weighted by Gasteiger charge is 2.34. The van der Waals surface area contributed by atoms with Crippen molar-refractivity contribution in [1.29, 1.82) is 0 Å². The van der Waals surface area contributed by atoms with Gasteiger partial charge in [-0.25, -0.2) is 14.5 Å². The molecule has 2 aromatic carbocycles. The fourth-order valence-electron chi connectivity index (χ4n) is 6.41. The fraction of sp³-hybridized carbons (Fsp3) is 0.353. The molecule has 2 aliphatic rings. The predicted octanol–water partition coefficient (Wildman–Crippen LogP) is 4.15. The maximum Gasteiger partial charge on any atom is 0.253 e. The molecule has 2 saturated heterocycles. The highest BCUT2D eigenvalue weighted by atomic mass is 35.5. The van der Waals surface area contributed by atoms with Crippen LogP contribution < -0.4 is 4.90 Å². The van der Waals surface area contributed by atoms with E-state index in [9.17, 15) is 9.90 Å². The zero-order valence-corrected chi connectivity index (χ0v) is 26.1. The van der Waals surface area contributed by atoms with Gasteiger partial charge in [0.15, 0.2) is 11.5 Å². The first-order valence-electron chi connectivity index (χ1n) is 15.5. The number of amides is 1. The SMILES string of the molecule is Cn1ccnc1CN1CCN(C(=O)c2ccc(Cc3nc4c(N5CCC(O)(c6ccc(Cl)cc6)CC5)cccn4n3)cc2)CC1. The van der Waals surface area contributed by atoms with E-state index in [0.29, 0.717) is 56.0 Å². The van der Waals surface area contributed by atoms with Crippen molar-refractivity contribution in [3.8, 4) is 0 Å². The van der Waals surface area contributed by atoms with Crippen LogP contribution >= 0.6 is 11.6 Å². The lowest BCUT2D eigenvalue weighted by atomic mass is 9.84. The summed E-state index contributed by atoms with van der Waals surface area (Å²) in [7, 11) is 2.01. The third kappa shape index (κ3) is 6.18. The molecule has 0 radical (unpaired) electrons. The highest BCUT2D eigenvalue weighted by molar-refractivity contribution is 6.30. The van der Waals surface area contributed by atoms with E-state index in [-0.39, 0.29) is 5.91 Å². The summed E-state index contributed by atoms with van der Waals surface area (Å²) in [6.45, 7) is 5.28. The number of aromatic nitrogens is 5. The average molecular weight is 625 g/mol. The number of halogens is 1. The summed E-state index contributed by atoms with van der Waals surface area (Å²) in [5, 5.41) is 16.8. The van der Waals surface area contributed by atoms with Gasteiger partial charge in [-0.15, -0.1) is 0 Å². The van der Waals surface area contributed by atoms with Crippen LogP contribution in [0.2, 0.25) is 5.02 Å². The average Bonchev–Trinajstić information content (AvgIpc) is 3.67. The Kier molecular flexibility index (Phi) is 8.03. The van der Waals surface area contributed by atoms with Crippen molar-refractivity contribution < 1.29 is 9.90 Å². The fourth-order valence-corrected chi connectivity index (χ4v) is 6.54. The van der Waals surface area contributed by atoms with Crippen LogP contribution in [0.25, 0.3) is 5.65 Å². The molecule has 1 N–H and O–H groups in total. The Balaban J connectivity index is 0.971. The number of nitrogens with zero attached hydrogens (tertiary/aromatic N) is 8. The van der Waals surface area contributed by atoms with Crippen LogP contribution in [0, 0.1) is 0 Å². The van der Waals surface area contributed by atoms with E-state index >= 15 is 0 Å². The second-order valence-electron chi connectivity index (χ2n) is 12.1. The molecule has 0 bridgehead atoms. The van der Waals surface area contributed by atoms with E-state index < -0.39 is 5.60 Å². The Labute approximate surface area is 267 Å². The van der Waals surface area contributed by atoms with E-state index in [0.717, 1.165) is 53.7 Å². The number of hydrogen-bond donors (Lipinski definition) is 1. The third-order valence-electron chi connectivity index (χ3n) is 9.21. The number of carbonyl (C=O) groups is 1. The van der Waals surface area contributed by atoms with Crippen molar-refractivity contribution in [2.45, 2.75) is 31.4 Å². The Morgan fingerprint density at radius 3 is 2.36 bits per heavy atom. The quantitative estimate of drug-likeness (QED) is 0.291. The van der Waals surface area contributed by atoms with Gasteiger partial charge >= 0.3 is 0 Å². The minimum Gasteiger partial charge on any atom is -0.385 e. The molecular weight excluding hydrogens is 588 g/mol. The Morgan fingerprint density at radius 1 is 0.933 bits per heavy atom. The standard InChI is InChI=1S/C34H37ClN8O2/c1-39-18-14-36-31(39)24-40-19-21-42(22-20-40)33(44)26-6-4-25(5-7-26)23-30-37-32-29(3-2-15-43(32)38-30)41-16-12-34(45,13-17-41)27-8-10-28(35)11-9-27/h2-11,14-15,18,45H,12-13,16-17,19-24H2,1H3. The van der Waals surface area contributed by atoms with E-state index in [2.05, 4.69) is 20.9 Å². The number of fused-ring (bicyclic) bond motifs is 1. The second-order valence-corrected chi connectivity index (χ2v) is 12.5. The normalized spacial score (nSPS) is 17.2. The first-order valence-corrected chi connectivity index (χ1v) is 15.9. The summed E-state index contributed by atoms with van der Waals surface area (Å²) >= 11 is 6.06. The number of imidazole rings is 1. The number of carbonyl (C=O) groups excluding carboxylic acids is 1. The third-order valence-corrected chi connectivity index (χ3v) is 9.46. The minimum atomic E-state index is -0.868. The smallest absolute Gasteiger partial charge is 0.253 e. The van der Waals surface area contributed by atoms with Gasteiger partial charge in [0, 0.05) is 81.9 Å². The van der Waals surface area contributed by atoms with Crippen LogP contribution in [0.3, 0.4) is 0 Å². The molecule has 0 atom stereocenters. The zero-order valence-electron chi connectivity index (χ0n) is 25.4. The second kappa shape index (κ2) is 12.3. The number of rotatable bonds is 7. The van der Waals surface area contributed by atoms with Gasteiger partial charge in [0.2, 0.25) is 0 Å². The number of piperidine rings is 1. The Hall–Kier alpha value is -4.25. The van der Waals surface area contributed by atoms with Crippen molar-refractivity contribution in [2.75, 3.05) is 44.2 Å². The monoisotopic (exact) mass is 624 g/mol. The zero-order chi connectivity index (χ0) is 31.0. The van der Waals surface area contributed by atoms with E-state index in [1.165, 1.54) is 0 Å². The van der Waals surface area contributed by atoms with Crippen molar-refractivity contribution in [1.82, 2.24) is 33.9 Å².